The van der Waals surface area contributed by atoms with E-state index < -0.39 is 0 Å². The van der Waals surface area contributed by atoms with Gasteiger partial charge in [0.25, 0.3) is 0 Å². The van der Waals surface area contributed by atoms with Crippen LogP contribution >= 0.6 is 0 Å². The molecule has 3 atom stereocenters. The molecule has 0 bridgehead atoms. The Morgan fingerprint density at radius 2 is 2.40 bits per heavy atom. The van der Waals surface area contributed by atoms with E-state index in [0.717, 1.165) is 18.4 Å². The van der Waals surface area contributed by atoms with Gasteiger partial charge in [0.1, 0.15) is 0 Å². The summed E-state index contributed by atoms with van der Waals surface area (Å²) in [4.78, 5) is 2.40. The topological polar surface area (TPSA) is 23.5 Å². The third-order valence-electron chi connectivity index (χ3n) is 3.00. The lowest BCUT2D eigenvalue weighted by atomic mass is 10.2. The number of aliphatic hydroxyl groups excluding tert-OH is 1. The van der Waals surface area contributed by atoms with Crippen molar-refractivity contribution in [2.75, 3.05) is 19.7 Å². The molecule has 0 radical (unpaired) electrons. The number of nitrogens with zero attached hydrogens (tertiary/aromatic N) is 1. The molecule has 1 aliphatic carbocycles. The summed E-state index contributed by atoms with van der Waals surface area (Å²) in [5.74, 6) is 1.79. The average Bonchev–Trinajstić information content (AvgIpc) is 2.63. The Balaban J connectivity index is 1.98. The van der Waals surface area contributed by atoms with E-state index in [-0.39, 0.29) is 0 Å². The van der Waals surface area contributed by atoms with Crippen LogP contribution in [0.4, 0.5) is 0 Å². The van der Waals surface area contributed by atoms with Gasteiger partial charge in [0.15, 0.2) is 0 Å². The predicted molar refractivity (Wildman–Crippen MR) is 39.7 cm³/mol. The molecule has 10 heavy (non-hydrogen) atoms. The maximum atomic E-state index is 9.02. The molecule has 1 N–H and O–H groups in total. The fourth-order valence-electron chi connectivity index (χ4n) is 2.27. The Kier molecular flexibility index (Phi) is 1.46. The number of piperidine rings is 1. The predicted octanol–water partition coefficient (Wildman–Crippen LogP) is 0.319. The maximum absolute atomic E-state index is 9.02. The molecule has 0 aromatic carbocycles. The molecule has 1 aliphatic heterocycles. The summed E-state index contributed by atoms with van der Waals surface area (Å²) in [6, 6.07) is 0.509. The molecule has 58 valence electrons. The second kappa shape index (κ2) is 2.21. The molecule has 1 saturated carbocycles. The molecule has 2 aliphatic rings. The summed E-state index contributed by atoms with van der Waals surface area (Å²) in [5.41, 5.74) is 0. The normalized spacial score (nSPS) is 45.6. The van der Waals surface area contributed by atoms with Gasteiger partial charge in [-0.25, -0.2) is 0 Å². The van der Waals surface area contributed by atoms with Crippen molar-refractivity contribution in [2.24, 2.45) is 11.8 Å². The van der Waals surface area contributed by atoms with Gasteiger partial charge in [0, 0.05) is 12.6 Å². The van der Waals surface area contributed by atoms with Gasteiger partial charge in [0.05, 0.1) is 6.61 Å². The molecular weight excluding hydrogens is 126 g/mol. The average molecular weight is 141 g/mol. The Morgan fingerprint density at radius 1 is 1.60 bits per heavy atom. The highest BCUT2D eigenvalue weighted by atomic mass is 16.3. The van der Waals surface area contributed by atoms with E-state index in [1.165, 1.54) is 13.0 Å². The number of likely N-dealkylation sites (N-methyl/N-ethyl adjacent to an activating group) is 1. The Labute approximate surface area is 61.8 Å². The van der Waals surface area contributed by atoms with Crippen LogP contribution in [0.3, 0.4) is 0 Å². The van der Waals surface area contributed by atoms with Crippen molar-refractivity contribution in [2.45, 2.75) is 19.4 Å². The zero-order valence-corrected chi connectivity index (χ0v) is 6.45. The monoisotopic (exact) mass is 141 g/mol. The van der Waals surface area contributed by atoms with Crippen molar-refractivity contribution in [3.05, 3.63) is 0 Å². The largest absolute Gasteiger partial charge is 0.395 e. The van der Waals surface area contributed by atoms with Crippen LogP contribution in [0.2, 0.25) is 0 Å². The van der Waals surface area contributed by atoms with E-state index in [9.17, 15) is 0 Å². The molecule has 0 spiro atoms. The molecule has 2 nitrogen and oxygen atoms in total. The molecule has 0 amide bonds. The van der Waals surface area contributed by atoms with Gasteiger partial charge < -0.3 is 5.11 Å². The second-order valence-electron chi connectivity index (χ2n) is 3.50. The molecule has 0 aromatic heterocycles. The summed E-state index contributed by atoms with van der Waals surface area (Å²) < 4.78 is 0. The minimum atomic E-state index is 0.370. The van der Waals surface area contributed by atoms with Gasteiger partial charge in [-0.3, -0.25) is 4.90 Å². The van der Waals surface area contributed by atoms with E-state index >= 15 is 0 Å². The Morgan fingerprint density at radius 3 is 2.90 bits per heavy atom. The van der Waals surface area contributed by atoms with Gasteiger partial charge in [-0.05, 0) is 24.8 Å². The van der Waals surface area contributed by atoms with Crippen LogP contribution in [-0.4, -0.2) is 35.7 Å². The van der Waals surface area contributed by atoms with Crippen molar-refractivity contribution < 1.29 is 5.11 Å². The fourth-order valence-corrected chi connectivity index (χ4v) is 2.27. The number of likely N-dealkylation sites (tertiary alicyclic amines) is 1. The molecule has 0 aromatic rings. The highest BCUT2D eigenvalue weighted by molar-refractivity contribution is 5.03. The van der Waals surface area contributed by atoms with Gasteiger partial charge in [0.2, 0.25) is 0 Å². The SMILES string of the molecule is CCN1CC2CC2C1CO. The van der Waals surface area contributed by atoms with Crippen molar-refractivity contribution in [1.82, 2.24) is 4.90 Å². The van der Waals surface area contributed by atoms with E-state index in [2.05, 4.69) is 11.8 Å². The zero-order valence-electron chi connectivity index (χ0n) is 6.45. The molecule has 2 fully saturated rings. The molecule has 2 rings (SSSR count). The minimum Gasteiger partial charge on any atom is -0.395 e. The molecular formula is C8H15NO. The summed E-state index contributed by atoms with van der Waals surface area (Å²) in [6.45, 7) is 4.90. The van der Waals surface area contributed by atoms with Crippen molar-refractivity contribution >= 4 is 0 Å². The van der Waals surface area contributed by atoms with Crippen LogP contribution < -0.4 is 0 Å². The van der Waals surface area contributed by atoms with Crippen molar-refractivity contribution in [3.8, 4) is 0 Å². The van der Waals surface area contributed by atoms with Gasteiger partial charge >= 0.3 is 0 Å². The lowest BCUT2D eigenvalue weighted by Gasteiger charge is -2.23. The lowest BCUT2D eigenvalue weighted by Crippen LogP contribution is -2.35. The molecule has 2 heteroatoms. The summed E-state index contributed by atoms with van der Waals surface area (Å²) in [5, 5.41) is 9.02. The van der Waals surface area contributed by atoms with Crippen molar-refractivity contribution in [3.63, 3.8) is 0 Å². The van der Waals surface area contributed by atoms with Crippen LogP contribution in [0.1, 0.15) is 13.3 Å². The minimum absolute atomic E-state index is 0.370. The highest BCUT2D eigenvalue weighted by Crippen LogP contribution is 2.48. The summed E-state index contributed by atoms with van der Waals surface area (Å²) >= 11 is 0. The number of rotatable bonds is 2. The molecule has 1 heterocycles. The van der Waals surface area contributed by atoms with Crippen LogP contribution in [0.25, 0.3) is 0 Å². The first kappa shape index (κ1) is 6.62. The van der Waals surface area contributed by atoms with Gasteiger partial charge in [-0.1, -0.05) is 6.92 Å². The highest BCUT2D eigenvalue weighted by Gasteiger charge is 2.51. The Hall–Kier alpha value is -0.0800. The zero-order chi connectivity index (χ0) is 7.14. The molecule has 3 unspecified atom stereocenters. The quantitative estimate of drug-likeness (QED) is 0.598. The maximum Gasteiger partial charge on any atom is 0.0589 e. The lowest BCUT2D eigenvalue weighted by molar-refractivity contribution is 0.142. The fraction of sp³-hybridized carbons (Fsp3) is 1.00. The summed E-state index contributed by atoms with van der Waals surface area (Å²) in [6.07, 6.45) is 1.38. The summed E-state index contributed by atoms with van der Waals surface area (Å²) in [7, 11) is 0. The second-order valence-corrected chi connectivity index (χ2v) is 3.50. The molecule has 1 saturated heterocycles. The van der Waals surface area contributed by atoms with Crippen LogP contribution in [-0.2, 0) is 0 Å². The van der Waals surface area contributed by atoms with E-state index in [1.807, 2.05) is 0 Å². The first-order chi connectivity index (χ1) is 4.86. The third kappa shape index (κ3) is 0.789. The van der Waals surface area contributed by atoms with Crippen molar-refractivity contribution in [1.29, 1.82) is 0 Å². The smallest absolute Gasteiger partial charge is 0.0589 e. The van der Waals surface area contributed by atoms with Crippen LogP contribution in [0.5, 0.6) is 0 Å². The van der Waals surface area contributed by atoms with E-state index in [4.69, 9.17) is 5.11 Å². The Bertz CT molecular complexity index is 137. The number of fused-ring (bicyclic) bond motifs is 1. The standard InChI is InChI=1S/C8H15NO/c1-2-9-4-6-3-7(6)8(9)5-10/h6-8,10H,2-5H2,1H3. The first-order valence-corrected chi connectivity index (χ1v) is 4.21. The van der Waals surface area contributed by atoms with E-state index in [1.54, 1.807) is 0 Å². The number of aliphatic hydroxyl groups is 1. The first-order valence-electron chi connectivity index (χ1n) is 4.21. The third-order valence-corrected chi connectivity index (χ3v) is 3.00. The van der Waals surface area contributed by atoms with E-state index in [0.29, 0.717) is 12.6 Å². The number of hydrogen-bond acceptors (Lipinski definition) is 2. The number of hydrogen-bond donors (Lipinski definition) is 1. The van der Waals surface area contributed by atoms with Crippen LogP contribution in [0, 0.1) is 11.8 Å². The van der Waals surface area contributed by atoms with Gasteiger partial charge in [-0.15, -0.1) is 0 Å². The van der Waals surface area contributed by atoms with Gasteiger partial charge in [-0.2, -0.15) is 0 Å². The van der Waals surface area contributed by atoms with Crippen LogP contribution in [0.15, 0.2) is 0 Å².